The van der Waals surface area contributed by atoms with Crippen LogP contribution in [0.15, 0.2) is 0 Å². The SMILES string of the molecule is CCC(C)C(NC(=O)C(CCC(N)=O)NC(=O)C(N)C(C)C)C(=O)NC(C(=O)O)C(C)O. The van der Waals surface area contributed by atoms with E-state index < -0.39 is 65.8 Å². The first-order valence-corrected chi connectivity index (χ1v) is 10.6. The second kappa shape index (κ2) is 13.6. The molecule has 0 bridgehead atoms. The Labute approximate surface area is 187 Å². The summed E-state index contributed by atoms with van der Waals surface area (Å²) in [6.45, 7) is 8.12. The molecule has 0 heterocycles. The van der Waals surface area contributed by atoms with E-state index in [-0.39, 0.29) is 18.8 Å². The van der Waals surface area contributed by atoms with Gasteiger partial charge in [-0.15, -0.1) is 0 Å². The van der Waals surface area contributed by atoms with E-state index in [1.807, 2.05) is 0 Å². The fraction of sp³-hybridized carbons (Fsp3) is 0.750. The first-order chi connectivity index (χ1) is 14.7. The molecule has 0 saturated heterocycles. The second-order valence-electron chi connectivity index (χ2n) is 8.27. The van der Waals surface area contributed by atoms with Crippen LogP contribution in [-0.4, -0.2) is 70.1 Å². The van der Waals surface area contributed by atoms with Crippen molar-refractivity contribution in [3.8, 4) is 0 Å². The predicted octanol–water partition coefficient (Wildman–Crippen LogP) is -1.80. The zero-order valence-electron chi connectivity index (χ0n) is 19.3. The van der Waals surface area contributed by atoms with Gasteiger partial charge in [-0.05, 0) is 25.2 Å². The highest BCUT2D eigenvalue weighted by molar-refractivity contribution is 5.94. The van der Waals surface area contributed by atoms with Crippen LogP contribution in [0.3, 0.4) is 0 Å². The summed E-state index contributed by atoms with van der Waals surface area (Å²) in [5, 5.41) is 26.0. The van der Waals surface area contributed by atoms with Crippen LogP contribution in [0.4, 0.5) is 0 Å². The average molecular weight is 460 g/mol. The molecule has 0 aliphatic rings. The molecule has 0 aromatic rings. The molecule has 6 unspecified atom stereocenters. The molecule has 184 valence electrons. The van der Waals surface area contributed by atoms with Gasteiger partial charge in [0.1, 0.15) is 12.1 Å². The number of carboxylic acid groups (broad SMARTS) is 1. The Bertz CT molecular complexity index is 683. The van der Waals surface area contributed by atoms with Gasteiger partial charge in [0.05, 0.1) is 12.1 Å². The summed E-state index contributed by atoms with van der Waals surface area (Å²) in [6.07, 6.45) is -1.22. The van der Waals surface area contributed by atoms with Crippen LogP contribution < -0.4 is 27.4 Å². The second-order valence-corrected chi connectivity index (χ2v) is 8.27. The molecule has 0 spiro atoms. The van der Waals surface area contributed by atoms with Gasteiger partial charge in [0.25, 0.3) is 0 Å². The van der Waals surface area contributed by atoms with E-state index >= 15 is 0 Å². The van der Waals surface area contributed by atoms with E-state index in [0.29, 0.717) is 6.42 Å². The highest BCUT2D eigenvalue weighted by atomic mass is 16.4. The zero-order chi connectivity index (χ0) is 25.2. The van der Waals surface area contributed by atoms with Crippen LogP contribution in [-0.2, 0) is 24.0 Å². The summed E-state index contributed by atoms with van der Waals surface area (Å²) in [5.41, 5.74) is 11.0. The first-order valence-electron chi connectivity index (χ1n) is 10.6. The smallest absolute Gasteiger partial charge is 0.328 e. The number of hydrogen-bond acceptors (Lipinski definition) is 7. The lowest BCUT2D eigenvalue weighted by atomic mass is 9.96. The standard InChI is InChI=1S/C20H37N5O7/c1-6-10(4)15(19(30)25-16(11(5)26)20(31)32)24-17(28)12(7-8-13(21)27)23-18(29)14(22)9(2)3/h9-12,14-16,26H,6-8,22H2,1-5H3,(H2,21,27)(H,23,29)(H,24,28)(H,25,30)(H,31,32). The third-order valence-electron chi connectivity index (χ3n) is 5.17. The zero-order valence-corrected chi connectivity index (χ0v) is 19.3. The Balaban J connectivity index is 5.62. The third kappa shape index (κ3) is 9.60. The molecule has 0 aromatic carbocycles. The number of nitrogens with two attached hydrogens (primary N) is 2. The van der Waals surface area contributed by atoms with Crippen LogP contribution in [0.2, 0.25) is 0 Å². The topological polar surface area (TPSA) is 214 Å². The van der Waals surface area contributed by atoms with E-state index in [0.717, 1.165) is 0 Å². The Kier molecular flexibility index (Phi) is 12.5. The van der Waals surface area contributed by atoms with Gasteiger partial charge in [-0.3, -0.25) is 19.2 Å². The maximum absolute atomic E-state index is 12.9. The minimum atomic E-state index is -1.57. The van der Waals surface area contributed by atoms with Crippen LogP contribution in [0.25, 0.3) is 0 Å². The van der Waals surface area contributed by atoms with Gasteiger partial charge in [-0.25, -0.2) is 4.79 Å². The van der Waals surface area contributed by atoms with Crippen LogP contribution in [0.5, 0.6) is 0 Å². The lowest BCUT2D eigenvalue weighted by Gasteiger charge is -2.28. The van der Waals surface area contributed by atoms with Crippen LogP contribution in [0, 0.1) is 11.8 Å². The minimum absolute atomic E-state index is 0.113. The molecular weight excluding hydrogens is 422 g/mol. The minimum Gasteiger partial charge on any atom is -0.480 e. The number of amides is 4. The Morgan fingerprint density at radius 3 is 1.81 bits per heavy atom. The van der Waals surface area contributed by atoms with Gasteiger partial charge in [0.2, 0.25) is 23.6 Å². The lowest BCUT2D eigenvalue weighted by molar-refractivity contribution is -0.145. The summed E-state index contributed by atoms with van der Waals surface area (Å²) in [7, 11) is 0. The van der Waals surface area contributed by atoms with Crippen molar-refractivity contribution in [3.05, 3.63) is 0 Å². The van der Waals surface area contributed by atoms with Crippen molar-refractivity contribution >= 4 is 29.6 Å². The van der Waals surface area contributed by atoms with Crippen molar-refractivity contribution in [2.24, 2.45) is 23.3 Å². The number of primary amides is 1. The Hall–Kier alpha value is -2.73. The van der Waals surface area contributed by atoms with Crippen molar-refractivity contribution in [2.75, 3.05) is 0 Å². The monoisotopic (exact) mass is 459 g/mol. The summed E-state index contributed by atoms with van der Waals surface area (Å²) in [4.78, 5) is 60.5. The molecule has 0 saturated carbocycles. The third-order valence-corrected chi connectivity index (χ3v) is 5.17. The quantitative estimate of drug-likeness (QED) is 0.157. The van der Waals surface area contributed by atoms with Gasteiger partial charge >= 0.3 is 5.97 Å². The summed E-state index contributed by atoms with van der Waals surface area (Å²) >= 11 is 0. The van der Waals surface area contributed by atoms with Crippen LogP contribution >= 0.6 is 0 Å². The van der Waals surface area contributed by atoms with Gasteiger partial charge < -0.3 is 37.6 Å². The molecule has 32 heavy (non-hydrogen) atoms. The number of nitrogens with one attached hydrogen (secondary N) is 3. The van der Waals surface area contributed by atoms with Crippen molar-refractivity contribution in [1.82, 2.24) is 16.0 Å². The molecular formula is C20H37N5O7. The van der Waals surface area contributed by atoms with Crippen molar-refractivity contribution < 1.29 is 34.2 Å². The highest BCUT2D eigenvalue weighted by Gasteiger charge is 2.34. The molecule has 0 rings (SSSR count). The van der Waals surface area contributed by atoms with Crippen molar-refractivity contribution in [1.29, 1.82) is 0 Å². The number of carboxylic acids is 1. The molecule has 0 aromatic heterocycles. The largest absolute Gasteiger partial charge is 0.480 e. The lowest BCUT2D eigenvalue weighted by Crippen LogP contribution is -2.60. The number of carbonyl (C=O) groups excluding carboxylic acids is 4. The van der Waals surface area contributed by atoms with Crippen molar-refractivity contribution in [2.45, 2.75) is 84.2 Å². The molecule has 12 heteroatoms. The maximum atomic E-state index is 12.9. The van der Waals surface area contributed by atoms with E-state index in [1.165, 1.54) is 6.92 Å². The molecule has 0 fully saturated rings. The summed E-state index contributed by atoms with van der Waals surface area (Å²) in [6, 6.07) is -4.80. The molecule has 12 nitrogen and oxygen atoms in total. The fourth-order valence-corrected chi connectivity index (χ4v) is 2.71. The number of aliphatic carboxylic acids is 1. The van der Waals surface area contributed by atoms with E-state index in [2.05, 4.69) is 16.0 Å². The Morgan fingerprint density at radius 2 is 1.41 bits per heavy atom. The van der Waals surface area contributed by atoms with E-state index in [4.69, 9.17) is 11.5 Å². The predicted molar refractivity (Wildman–Crippen MR) is 116 cm³/mol. The highest BCUT2D eigenvalue weighted by Crippen LogP contribution is 2.11. The van der Waals surface area contributed by atoms with E-state index in [1.54, 1.807) is 27.7 Å². The van der Waals surface area contributed by atoms with Crippen LogP contribution in [0.1, 0.15) is 53.9 Å². The molecule has 0 radical (unpaired) electrons. The number of carbonyl (C=O) groups is 5. The maximum Gasteiger partial charge on any atom is 0.328 e. The number of aliphatic hydroxyl groups is 1. The number of rotatable bonds is 14. The van der Waals surface area contributed by atoms with Gasteiger partial charge in [0.15, 0.2) is 6.04 Å². The fourth-order valence-electron chi connectivity index (χ4n) is 2.71. The first kappa shape index (κ1) is 29.3. The normalized spacial score (nSPS) is 16.8. The van der Waals surface area contributed by atoms with Gasteiger partial charge in [0, 0.05) is 6.42 Å². The van der Waals surface area contributed by atoms with E-state index in [9.17, 15) is 34.2 Å². The molecule has 0 aliphatic heterocycles. The number of aliphatic hydroxyl groups excluding tert-OH is 1. The summed E-state index contributed by atoms with van der Waals surface area (Å²) in [5.74, 6) is -4.89. The van der Waals surface area contributed by atoms with Gasteiger partial charge in [-0.2, -0.15) is 0 Å². The molecule has 6 atom stereocenters. The average Bonchev–Trinajstić information content (AvgIpc) is 2.70. The molecule has 0 aliphatic carbocycles. The summed E-state index contributed by atoms with van der Waals surface area (Å²) < 4.78 is 0. The molecule has 9 N–H and O–H groups in total. The van der Waals surface area contributed by atoms with Crippen molar-refractivity contribution in [3.63, 3.8) is 0 Å². The Morgan fingerprint density at radius 1 is 0.875 bits per heavy atom. The number of hydrogen-bond donors (Lipinski definition) is 7. The molecule has 4 amide bonds. The van der Waals surface area contributed by atoms with Gasteiger partial charge in [-0.1, -0.05) is 34.1 Å².